The van der Waals surface area contributed by atoms with Crippen molar-refractivity contribution in [2.45, 2.75) is 45.6 Å². The third kappa shape index (κ3) is 4.92. The number of aryl methyl sites for hydroxylation is 2. The number of benzene rings is 2. The molecule has 0 aliphatic carbocycles. The molecule has 0 atom stereocenters. The van der Waals surface area contributed by atoms with E-state index >= 15 is 0 Å². The lowest BCUT2D eigenvalue weighted by Gasteiger charge is -2.34. The normalized spacial score (nSPS) is 14.4. The Labute approximate surface area is 211 Å². The molecule has 1 aliphatic heterocycles. The summed E-state index contributed by atoms with van der Waals surface area (Å²) in [6, 6.07) is 20.8. The minimum Gasteiger partial charge on any atom is -0.371 e. The number of nitrogens with one attached hydrogen (secondary N) is 1. The maximum Gasteiger partial charge on any atom is 0.270 e. The lowest BCUT2D eigenvalue weighted by molar-refractivity contribution is 0.0944. The molecule has 1 saturated heterocycles. The monoisotopic (exact) mass is 486 g/mol. The van der Waals surface area contributed by atoms with E-state index < -0.39 is 0 Å². The molecule has 0 spiro atoms. The van der Waals surface area contributed by atoms with Gasteiger partial charge in [-0.25, -0.2) is 4.98 Å². The number of rotatable bonds is 6. The highest BCUT2D eigenvalue weighted by molar-refractivity contribution is 6.30. The number of carbonyl (C=O) groups is 1. The number of pyridine rings is 1. The van der Waals surface area contributed by atoms with E-state index in [1.807, 2.05) is 48.7 Å². The predicted octanol–water partition coefficient (Wildman–Crippen LogP) is 6.17. The van der Waals surface area contributed by atoms with Crippen LogP contribution >= 0.6 is 11.6 Å². The second kappa shape index (κ2) is 10.1. The molecule has 3 heterocycles. The average molecular weight is 487 g/mol. The van der Waals surface area contributed by atoms with E-state index in [1.54, 1.807) is 0 Å². The van der Waals surface area contributed by atoms with E-state index in [2.05, 4.69) is 51.6 Å². The zero-order valence-corrected chi connectivity index (χ0v) is 21.1. The Hall–Kier alpha value is -3.31. The van der Waals surface area contributed by atoms with Gasteiger partial charge in [0.2, 0.25) is 0 Å². The fourth-order valence-corrected chi connectivity index (χ4v) is 5.16. The molecule has 5 rings (SSSR count). The predicted molar refractivity (Wildman–Crippen MR) is 143 cm³/mol. The van der Waals surface area contributed by atoms with Gasteiger partial charge in [0.05, 0.1) is 5.69 Å². The number of amides is 1. The van der Waals surface area contributed by atoms with Crippen molar-refractivity contribution in [1.29, 1.82) is 0 Å². The molecule has 1 N–H and O–H groups in total. The average Bonchev–Trinajstić information content (AvgIpc) is 3.28. The van der Waals surface area contributed by atoms with E-state index in [-0.39, 0.29) is 5.91 Å². The van der Waals surface area contributed by atoms with Gasteiger partial charge in [-0.15, -0.1) is 0 Å². The molecule has 2 aromatic heterocycles. The van der Waals surface area contributed by atoms with Crippen LogP contribution in [0, 0.1) is 6.92 Å². The zero-order valence-electron chi connectivity index (χ0n) is 20.3. The van der Waals surface area contributed by atoms with Gasteiger partial charge in [-0.05, 0) is 79.1 Å². The van der Waals surface area contributed by atoms with Gasteiger partial charge in [0, 0.05) is 36.5 Å². The van der Waals surface area contributed by atoms with Gasteiger partial charge in [-0.3, -0.25) is 9.20 Å². The van der Waals surface area contributed by atoms with Crippen molar-refractivity contribution < 1.29 is 4.79 Å². The molecule has 180 valence electrons. The topological polar surface area (TPSA) is 49.6 Å². The number of carbonyl (C=O) groups excluding carboxylic acids is 1. The number of piperidine rings is 1. The second-order valence-electron chi connectivity index (χ2n) is 9.31. The van der Waals surface area contributed by atoms with E-state index in [0.29, 0.717) is 24.6 Å². The van der Waals surface area contributed by atoms with Crippen molar-refractivity contribution in [3.8, 4) is 0 Å². The number of fused-ring (bicyclic) bond motifs is 1. The number of nitrogens with zero attached hydrogens (tertiary/aromatic N) is 3. The van der Waals surface area contributed by atoms with Crippen LogP contribution in [0.2, 0.25) is 5.02 Å². The fourth-order valence-electron chi connectivity index (χ4n) is 5.03. The first kappa shape index (κ1) is 23.4. The number of halogens is 1. The minimum absolute atomic E-state index is 0.0895. The van der Waals surface area contributed by atoms with E-state index in [1.165, 1.54) is 11.3 Å². The summed E-state index contributed by atoms with van der Waals surface area (Å²) in [4.78, 5) is 20.2. The summed E-state index contributed by atoms with van der Waals surface area (Å²) in [6.45, 7) is 6.61. The molecule has 0 radical (unpaired) electrons. The van der Waals surface area contributed by atoms with Gasteiger partial charge in [-0.1, -0.05) is 48.9 Å². The Kier molecular flexibility index (Phi) is 6.78. The molecule has 6 heteroatoms. The molecule has 1 amide bonds. The fraction of sp³-hybridized carbons (Fsp3) is 0.310. The Morgan fingerprint density at radius 3 is 2.46 bits per heavy atom. The maximum absolute atomic E-state index is 13.1. The Morgan fingerprint density at radius 2 is 1.77 bits per heavy atom. The van der Waals surface area contributed by atoms with E-state index in [0.717, 1.165) is 53.4 Å². The number of anilines is 1. The molecule has 1 aliphatic rings. The third-order valence-corrected chi connectivity index (χ3v) is 7.31. The third-order valence-electron chi connectivity index (χ3n) is 7.06. The smallest absolute Gasteiger partial charge is 0.270 e. The van der Waals surface area contributed by atoms with Crippen LogP contribution < -0.4 is 10.2 Å². The standard InChI is InChI=1S/C29H31ClN4O/c1-3-26-27(34-16-4-5-20(2)28(34)32-26)29(35)31-19-21-6-12-25(13-7-21)33-17-14-23(15-18-33)22-8-10-24(30)11-9-22/h4-13,16,23H,3,14-15,17-19H2,1-2H3,(H,31,35). The van der Waals surface area contributed by atoms with Crippen LogP contribution in [-0.4, -0.2) is 28.4 Å². The zero-order chi connectivity index (χ0) is 24.4. The molecule has 4 aromatic rings. The van der Waals surface area contributed by atoms with Crippen molar-refractivity contribution in [2.75, 3.05) is 18.0 Å². The first-order valence-electron chi connectivity index (χ1n) is 12.4. The lowest BCUT2D eigenvalue weighted by Crippen LogP contribution is -2.32. The summed E-state index contributed by atoms with van der Waals surface area (Å²) in [5.41, 5.74) is 7.07. The Bertz CT molecular complexity index is 1320. The molecule has 1 fully saturated rings. The van der Waals surface area contributed by atoms with Crippen LogP contribution in [0.5, 0.6) is 0 Å². The summed E-state index contributed by atoms with van der Waals surface area (Å²) in [5, 5.41) is 3.89. The van der Waals surface area contributed by atoms with Gasteiger partial charge in [-0.2, -0.15) is 0 Å². The van der Waals surface area contributed by atoms with Crippen LogP contribution in [-0.2, 0) is 13.0 Å². The van der Waals surface area contributed by atoms with Crippen molar-refractivity contribution in [1.82, 2.24) is 14.7 Å². The molecule has 0 bridgehead atoms. The molecule has 0 saturated carbocycles. The summed E-state index contributed by atoms with van der Waals surface area (Å²) in [6.07, 6.45) is 4.90. The highest BCUT2D eigenvalue weighted by Crippen LogP contribution is 2.31. The van der Waals surface area contributed by atoms with Crippen LogP contribution in [0.25, 0.3) is 5.65 Å². The van der Waals surface area contributed by atoms with Crippen molar-refractivity contribution >= 4 is 28.8 Å². The molecule has 35 heavy (non-hydrogen) atoms. The van der Waals surface area contributed by atoms with Gasteiger partial charge in [0.1, 0.15) is 11.3 Å². The minimum atomic E-state index is -0.0895. The van der Waals surface area contributed by atoms with Gasteiger partial charge >= 0.3 is 0 Å². The first-order valence-corrected chi connectivity index (χ1v) is 12.8. The summed E-state index contributed by atoms with van der Waals surface area (Å²) in [5.74, 6) is 0.503. The Morgan fingerprint density at radius 1 is 1.06 bits per heavy atom. The highest BCUT2D eigenvalue weighted by Gasteiger charge is 2.21. The largest absolute Gasteiger partial charge is 0.371 e. The van der Waals surface area contributed by atoms with Crippen LogP contribution in [0.1, 0.15) is 58.6 Å². The maximum atomic E-state index is 13.1. The lowest BCUT2D eigenvalue weighted by atomic mass is 9.89. The van der Waals surface area contributed by atoms with Gasteiger partial charge in [0.25, 0.3) is 5.91 Å². The number of hydrogen-bond donors (Lipinski definition) is 1. The first-order chi connectivity index (χ1) is 17.0. The second-order valence-corrected chi connectivity index (χ2v) is 9.74. The van der Waals surface area contributed by atoms with Gasteiger partial charge in [0.15, 0.2) is 0 Å². The highest BCUT2D eigenvalue weighted by atomic mass is 35.5. The summed E-state index contributed by atoms with van der Waals surface area (Å²) >= 11 is 6.04. The van der Waals surface area contributed by atoms with E-state index in [9.17, 15) is 4.79 Å². The molecule has 0 unspecified atom stereocenters. The van der Waals surface area contributed by atoms with Crippen molar-refractivity contribution in [2.24, 2.45) is 0 Å². The molecule has 5 nitrogen and oxygen atoms in total. The Balaban J connectivity index is 1.20. The number of hydrogen-bond acceptors (Lipinski definition) is 3. The van der Waals surface area contributed by atoms with Crippen LogP contribution in [0.4, 0.5) is 5.69 Å². The number of aromatic nitrogens is 2. The molecular weight excluding hydrogens is 456 g/mol. The SMILES string of the molecule is CCc1nc2c(C)cccn2c1C(=O)NCc1ccc(N2CCC(c3ccc(Cl)cc3)CC2)cc1. The number of imidazole rings is 1. The summed E-state index contributed by atoms with van der Waals surface area (Å²) < 4.78 is 1.90. The van der Waals surface area contributed by atoms with Crippen LogP contribution in [0.3, 0.4) is 0 Å². The van der Waals surface area contributed by atoms with Crippen LogP contribution in [0.15, 0.2) is 66.9 Å². The van der Waals surface area contributed by atoms with Crippen molar-refractivity contribution in [3.05, 3.63) is 100.0 Å². The van der Waals surface area contributed by atoms with Gasteiger partial charge < -0.3 is 10.2 Å². The summed E-state index contributed by atoms with van der Waals surface area (Å²) in [7, 11) is 0. The van der Waals surface area contributed by atoms with E-state index in [4.69, 9.17) is 11.6 Å². The van der Waals surface area contributed by atoms with Crippen molar-refractivity contribution in [3.63, 3.8) is 0 Å². The molecule has 2 aromatic carbocycles. The quantitative estimate of drug-likeness (QED) is 0.354. The molecular formula is C29H31ClN4O.